The van der Waals surface area contributed by atoms with Crippen LogP contribution in [-0.4, -0.2) is 35.5 Å². The molecule has 6 heteroatoms. The summed E-state index contributed by atoms with van der Waals surface area (Å²) in [6.07, 6.45) is 3.93. The van der Waals surface area contributed by atoms with E-state index in [1.54, 1.807) is 13.0 Å². The van der Waals surface area contributed by atoms with Crippen LogP contribution < -0.4 is 9.64 Å². The summed E-state index contributed by atoms with van der Waals surface area (Å²) >= 11 is 0. The second-order valence-corrected chi connectivity index (χ2v) is 5.38. The van der Waals surface area contributed by atoms with Crippen molar-refractivity contribution in [3.05, 3.63) is 41.7 Å². The number of fused-ring (bicyclic) bond motifs is 1. The highest BCUT2D eigenvalue weighted by atomic mass is 16.5. The maximum atomic E-state index is 11.9. The number of ether oxygens (including phenoxy) is 2. The van der Waals surface area contributed by atoms with E-state index in [1.807, 2.05) is 29.2 Å². The van der Waals surface area contributed by atoms with Crippen molar-refractivity contribution in [1.82, 2.24) is 9.78 Å². The number of hydrogen-bond acceptors (Lipinski definition) is 5. The molecule has 1 aliphatic rings. The Hall–Kier alpha value is -2.50. The van der Waals surface area contributed by atoms with E-state index in [0.717, 1.165) is 36.6 Å². The molecular weight excluding hydrogens is 294 g/mol. The number of aryl methyl sites for hydroxylation is 1. The van der Waals surface area contributed by atoms with Crippen LogP contribution in [0, 0.1) is 0 Å². The molecule has 122 valence electrons. The minimum Gasteiger partial charge on any atom is -0.490 e. The third-order valence-electron chi connectivity index (χ3n) is 3.81. The van der Waals surface area contributed by atoms with E-state index in [-0.39, 0.29) is 5.97 Å². The van der Waals surface area contributed by atoms with Crippen molar-refractivity contribution in [2.45, 2.75) is 26.9 Å². The van der Waals surface area contributed by atoms with Gasteiger partial charge in [0.15, 0.2) is 0 Å². The predicted molar refractivity (Wildman–Crippen MR) is 86.8 cm³/mol. The Bertz CT molecular complexity index is 696. The van der Waals surface area contributed by atoms with E-state index in [0.29, 0.717) is 18.8 Å². The van der Waals surface area contributed by atoms with Gasteiger partial charge < -0.3 is 14.4 Å². The van der Waals surface area contributed by atoms with Gasteiger partial charge in [0.2, 0.25) is 0 Å². The van der Waals surface area contributed by atoms with Crippen LogP contribution >= 0.6 is 0 Å². The first-order valence-corrected chi connectivity index (χ1v) is 7.91. The van der Waals surface area contributed by atoms with Crippen LogP contribution in [0.4, 0.5) is 5.69 Å². The number of carbonyl (C=O) groups excluding carboxylic acids is 1. The molecule has 2 aromatic rings. The zero-order valence-electron chi connectivity index (χ0n) is 13.5. The van der Waals surface area contributed by atoms with E-state index in [4.69, 9.17) is 9.47 Å². The molecule has 0 saturated carbocycles. The van der Waals surface area contributed by atoms with Crippen molar-refractivity contribution >= 4 is 11.7 Å². The second kappa shape index (κ2) is 6.73. The third kappa shape index (κ3) is 3.31. The van der Waals surface area contributed by atoms with Crippen LogP contribution in [0.5, 0.6) is 5.75 Å². The molecule has 2 heterocycles. The second-order valence-electron chi connectivity index (χ2n) is 5.38. The topological polar surface area (TPSA) is 56.6 Å². The van der Waals surface area contributed by atoms with Gasteiger partial charge in [-0.05, 0) is 32.0 Å². The van der Waals surface area contributed by atoms with Gasteiger partial charge in [0, 0.05) is 24.8 Å². The fraction of sp³-hybridized carbons (Fsp3) is 0.412. The Kier molecular flexibility index (Phi) is 4.50. The maximum Gasteiger partial charge on any atom is 0.338 e. The van der Waals surface area contributed by atoms with Gasteiger partial charge in [0.1, 0.15) is 12.4 Å². The Morgan fingerprint density at radius 1 is 1.39 bits per heavy atom. The van der Waals surface area contributed by atoms with Crippen LogP contribution in [0.2, 0.25) is 0 Å². The number of carbonyl (C=O) groups is 1. The molecule has 0 aliphatic carbocycles. The first-order valence-electron chi connectivity index (χ1n) is 7.91. The summed E-state index contributed by atoms with van der Waals surface area (Å²) in [6.45, 7) is 7.23. The molecule has 1 aromatic carbocycles. The van der Waals surface area contributed by atoms with Gasteiger partial charge in [-0.3, -0.25) is 4.68 Å². The van der Waals surface area contributed by atoms with Gasteiger partial charge in [0.25, 0.3) is 0 Å². The van der Waals surface area contributed by atoms with Gasteiger partial charge >= 0.3 is 5.97 Å². The van der Waals surface area contributed by atoms with Crippen LogP contribution in [-0.2, 0) is 17.8 Å². The number of anilines is 1. The molecule has 1 aromatic heterocycles. The Labute approximate surface area is 135 Å². The molecule has 0 bridgehead atoms. The molecule has 0 amide bonds. The highest BCUT2D eigenvalue weighted by Gasteiger charge is 2.21. The molecule has 3 rings (SSSR count). The highest BCUT2D eigenvalue weighted by Crippen LogP contribution is 2.33. The zero-order valence-corrected chi connectivity index (χ0v) is 13.5. The number of esters is 1. The van der Waals surface area contributed by atoms with E-state index >= 15 is 0 Å². The fourth-order valence-electron chi connectivity index (χ4n) is 2.66. The molecule has 0 atom stereocenters. The fourth-order valence-corrected chi connectivity index (χ4v) is 2.66. The van der Waals surface area contributed by atoms with Gasteiger partial charge in [-0.25, -0.2) is 4.79 Å². The summed E-state index contributed by atoms with van der Waals surface area (Å²) in [5.74, 6) is 0.492. The van der Waals surface area contributed by atoms with Crippen molar-refractivity contribution in [3.63, 3.8) is 0 Å². The summed E-state index contributed by atoms with van der Waals surface area (Å²) in [4.78, 5) is 14.1. The monoisotopic (exact) mass is 315 g/mol. The average molecular weight is 315 g/mol. The SMILES string of the molecule is CCOC(=O)c1ccc2c(c1)N(Cc1cnn(CC)c1)CCO2. The zero-order chi connectivity index (χ0) is 16.2. The summed E-state index contributed by atoms with van der Waals surface area (Å²) in [7, 11) is 0. The van der Waals surface area contributed by atoms with E-state index in [2.05, 4.69) is 16.9 Å². The third-order valence-corrected chi connectivity index (χ3v) is 3.81. The standard InChI is InChI=1S/C17H21N3O3/c1-3-20-12-13(10-18-20)11-19-7-8-23-16-6-5-14(9-15(16)19)17(21)22-4-2/h5-6,9-10,12H,3-4,7-8,11H2,1-2H3. The van der Waals surface area contributed by atoms with Crippen LogP contribution in [0.1, 0.15) is 29.8 Å². The lowest BCUT2D eigenvalue weighted by atomic mass is 10.1. The van der Waals surface area contributed by atoms with Crippen LogP contribution in [0.15, 0.2) is 30.6 Å². The van der Waals surface area contributed by atoms with Gasteiger partial charge in [0.05, 0.1) is 30.6 Å². The molecule has 0 unspecified atom stereocenters. The molecule has 0 spiro atoms. The predicted octanol–water partition coefficient (Wildman–Crippen LogP) is 2.48. The van der Waals surface area contributed by atoms with E-state index in [1.165, 1.54) is 0 Å². The van der Waals surface area contributed by atoms with Crippen molar-refractivity contribution in [2.24, 2.45) is 0 Å². The molecular formula is C17H21N3O3. The lowest BCUT2D eigenvalue weighted by Gasteiger charge is -2.31. The number of aromatic nitrogens is 2. The number of rotatable bonds is 5. The summed E-state index contributed by atoms with van der Waals surface area (Å²) in [5.41, 5.74) is 2.61. The summed E-state index contributed by atoms with van der Waals surface area (Å²) in [5, 5.41) is 4.31. The summed E-state index contributed by atoms with van der Waals surface area (Å²) < 4.78 is 12.7. The quantitative estimate of drug-likeness (QED) is 0.793. The minimum absolute atomic E-state index is 0.306. The molecule has 6 nitrogen and oxygen atoms in total. The lowest BCUT2D eigenvalue weighted by molar-refractivity contribution is 0.0526. The summed E-state index contributed by atoms with van der Waals surface area (Å²) in [6, 6.07) is 5.43. The number of nitrogens with zero attached hydrogens (tertiary/aromatic N) is 3. The molecule has 0 saturated heterocycles. The normalized spacial score (nSPS) is 13.4. The van der Waals surface area contributed by atoms with Crippen LogP contribution in [0.25, 0.3) is 0 Å². The number of hydrogen-bond donors (Lipinski definition) is 0. The molecule has 23 heavy (non-hydrogen) atoms. The van der Waals surface area contributed by atoms with Gasteiger partial charge in [-0.2, -0.15) is 5.10 Å². The van der Waals surface area contributed by atoms with Crippen molar-refractivity contribution in [2.75, 3.05) is 24.7 Å². The van der Waals surface area contributed by atoms with Crippen LogP contribution in [0.3, 0.4) is 0 Å². The van der Waals surface area contributed by atoms with E-state index in [9.17, 15) is 4.79 Å². The molecule has 1 aliphatic heterocycles. The highest BCUT2D eigenvalue weighted by molar-refractivity contribution is 5.91. The smallest absolute Gasteiger partial charge is 0.338 e. The average Bonchev–Trinajstić information content (AvgIpc) is 3.03. The Balaban J connectivity index is 1.84. The Morgan fingerprint density at radius 2 is 2.26 bits per heavy atom. The molecule has 0 radical (unpaired) electrons. The maximum absolute atomic E-state index is 11.9. The van der Waals surface area contributed by atoms with Crippen molar-refractivity contribution in [3.8, 4) is 5.75 Å². The number of benzene rings is 1. The largest absolute Gasteiger partial charge is 0.490 e. The first kappa shape index (κ1) is 15.4. The van der Waals surface area contributed by atoms with Crippen molar-refractivity contribution in [1.29, 1.82) is 0 Å². The minimum atomic E-state index is -0.306. The van der Waals surface area contributed by atoms with E-state index < -0.39 is 0 Å². The molecule has 0 N–H and O–H groups in total. The van der Waals surface area contributed by atoms with Crippen molar-refractivity contribution < 1.29 is 14.3 Å². The van der Waals surface area contributed by atoms with Gasteiger partial charge in [-0.1, -0.05) is 0 Å². The Morgan fingerprint density at radius 3 is 3.00 bits per heavy atom. The molecule has 0 fully saturated rings. The first-order chi connectivity index (χ1) is 11.2. The van der Waals surface area contributed by atoms with Gasteiger partial charge in [-0.15, -0.1) is 0 Å². The lowest BCUT2D eigenvalue weighted by Crippen LogP contribution is -2.32.